The Bertz CT molecular complexity index is 102. The maximum atomic E-state index is 9.38. The average Bonchev–Trinajstić information content (AvgIpc) is 2.65. The van der Waals surface area contributed by atoms with Crippen LogP contribution in [-0.2, 0) is 0 Å². The lowest BCUT2D eigenvalue weighted by Crippen LogP contribution is -2.32. The number of aliphatic hydroxyl groups is 2. The largest absolute Gasteiger partial charge is 0.390 e. The molecule has 1 rings (SSSR count). The minimum atomic E-state index is -0.521. The van der Waals surface area contributed by atoms with Gasteiger partial charge in [-0.2, -0.15) is 0 Å². The van der Waals surface area contributed by atoms with E-state index in [0.717, 1.165) is 12.8 Å². The molecule has 0 aliphatic heterocycles. The van der Waals surface area contributed by atoms with Crippen molar-refractivity contribution >= 4 is 0 Å². The molecule has 0 amide bonds. The Labute approximate surface area is 61.9 Å². The summed E-state index contributed by atoms with van der Waals surface area (Å²) < 4.78 is 0. The highest BCUT2D eigenvalue weighted by molar-refractivity contribution is 4.86. The van der Waals surface area contributed by atoms with Gasteiger partial charge in [-0.3, -0.25) is 0 Å². The number of aliphatic hydroxyl groups excluding tert-OH is 2. The van der Waals surface area contributed by atoms with Crippen LogP contribution >= 0.6 is 0 Å². The molecule has 0 aromatic rings. The summed E-state index contributed by atoms with van der Waals surface area (Å²) in [5.41, 5.74) is 0. The van der Waals surface area contributed by atoms with Crippen LogP contribution in [0.25, 0.3) is 0 Å². The maximum absolute atomic E-state index is 9.38. The SMILES string of the molecule is CC(C)C(O)C(O)C1CC1. The Hall–Kier alpha value is -0.0800. The first-order valence-electron chi connectivity index (χ1n) is 3.99. The number of hydrogen-bond donors (Lipinski definition) is 2. The minimum Gasteiger partial charge on any atom is -0.390 e. The summed E-state index contributed by atoms with van der Waals surface area (Å²) in [7, 11) is 0. The van der Waals surface area contributed by atoms with Gasteiger partial charge in [-0.25, -0.2) is 0 Å². The van der Waals surface area contributed by atoms with E-state index in [1.807, 2.05) is 13.8 Å². The Morgan fingerprint density at radius 2 is 1.70 bits per heavy atom. The molecule has 0 bridgehead atoms. The van der Waals surface area contributed by atoms with E-state index in [1.54, 1.807) is 0 Å². The number of rotatable bonds is 3. The summed E-state index contributed by atoms with van der Waals surface area (Å²) in [6, 6.07) is 0. The molecular weight excluding hydrogens is 128 g/mol. The van der Waals surface area contributed by atoms with Crippen molar-refractivity contribution in [3.63, 3.8) is 0 Å². The monoisotopic (exact) mass is 144 g/mol. The van der Waals surface area contributed by atoms with E-state index in [2.05, 4.69) is 0 Å². The molecule has 0 spiro atoms. The zero-order valence-corrected chi connectivity index (χ0v) is 6.62. The maximum Gasteiger partial charge on any atom is 0.0829 e. The van der Waals surface area contributed by atoms with Crippen LogP contribution in [0.15, 0.2) is 0 Å². The molecule has 0 aromatic heterocycles. The molecule has 0 saturated heterocycles. The molecule has 1 aliphatic rings. The van der Waals surface area contributed by atoms with Crippen molar-refractivity contribution in [3.05, 3.63) is 0 Å². The molecule has 0 heterocycles. The fourth-order valence-corrected chi connectivity index (χ4v) is 1.11. The van der Waals surface area contributed by atoms with Crippen molar-refractivity contribution in [2.45, 2.75) is 38.9 Å². The summed E-state index contributed by atoms with van der Waals surface area (Å²) in [6.07, 6.45) is 1.18. The van der Waals surface area contributed by atoms with Crippen molar-refractivity contribution in [1.29, 1.82) is 0 Å². The molecule has 2 nitrogen and oxygen atoms in total. The van der Waals surface area contributed by atoms with E-state index in [4.69, 9.17) is 0 Å². The van der Waals surface area contributed by atoms with Gasteiger partial charge in [0.2, 0.25) is 0 Å². The van der Waals surface area contributed by atoms with E-state index < -0.39 is 12.2 Å². The fourth-order valence-electron chi connectivity index (χ4n) is 1.11. The molecule has 0 aromatic carbocycles. The smallest absolute Gasteiger partial charge is 0.0829 e. The molecule has 2 unspecified atom stereocenters. The lowest BCUT2D eigenvalue weighted by Gasteiger charge is -2.20. The summed E-state index contributed by atoms with van der Waals surface area (Å²) in [4.78, 5) is 0. The van der Waals surface area contributed by atoms with Crippen molar-refractivity contribution < 1.29 is 10.2 Å². The third kappa shape index (κ3) is 1.70. The normalized spacial score (nSPS) is 24.9. The second kappa shape index (κ2) is 2.89. The van der Waals surface area contributed by atoms with Crippen LogP contribution in [0.3, 0.4) is 0 Å². The lowest BCUT2D eigenvalue weighted by molar-refractivity contribution is -0.0196. The lowest BCUT2D eigenvalue weighted by atomic mass is 9.99. The van der Waals surface area contributed by atoms with Crippen molar-refractivity contribution in [1.82, 2.24) is 0 Å². The zero-order valence-electron chi connectivity index (χ0n) is 6.62. The molecule has 2 N–H and O–H groups in total. The molecular formula is C8H16O2. The third-order valence-electron chi connectivity index (χ3n) is 2.14. The van der Waals surface area contributed by atoms with Crippen LogP contribution in [0.1, 0.15) is 26.7 Å². The van der Waals surface area contributed by atoms with Gasteiger partial charge in [-0.15, -0.1) is 0 Å². The standard InChI is InChI=1S/C8H16O2/c1-5(2)7(9)8(10)6-3-4-6/h5-10H,3-4H2,1-2H3. The Morgan fingerprint density at radius 3 is 2.00 bits per heavy atom. The number of hydrogen-bond acceptors (Lipinski definition) is 2. The van der Waals surface area contributed by atoms with Crippen LogP contribution in [0.4, 0.5) is 0 Å². The van der Waals surface area contributed by atoms with Gasteiger partial charge in [-0.05, 0) is 24.7 Å². The first-order valence-corrected chi connectivity index (χ1v) is 3.99. The molecule has 2 heteroatoms. The highest BCUT2D eigenvalue weighted by Crippen LogP contribution is 2.35. The first-order chi connectivity index (χ1) is 4.63. The van der Waals surface area contributed by atoms with Crippen molar-refractivity contribution in [2.24, 2.45) is 11.8 Å². The van der Waals surface area contributed by atoms with Crippen molar-refractivity contribution in [2.75, 3.05) is 0 Å². The second-order valence-electron chi connectivity index (χ2n) is 3.56. The highest BCUT2D eigenvalue weighted by atomic mass is 16.3. The van der Waals surface area contributed by atoms with Crippen LogP contribution in [-0.4, -0.2) is 22.4 Å². The van der Waals surface area contributed by atoms with E-state index in [9.17, 15) is 10.2 Å². The first kappa shape index (κ1) is 8.02. The predicted molar refractivity (Wildman–Crippen MR) is 39.6 cm³/mol. The van der Waals surface area contributed by atoms with Gasteiger partial charge >= 0.3 is 0 Å². The molecule has 60 valence electrons. The van der Waals surface area contributed by atoms with Gasteiger partial charge in [0, 0.05) is 0 Å². The third-order valence-corrected chi connectivity index (χ3v) is 2.14. The van der Waals surface area contributed by atoms with E-state index in [0.29, 0.717) is 5.92 Å². The van der Waals surface area contributed by atoms with Crippen LogP contribution < -0.4 is 0 Å². The van der Waals surface area contributed by atoms with Gasteiger partial charge in [0.05, 0.1) is 12.2 Å². The van der Waals surface area contributed by atoms with Crippen LogP contribution in [0.2, 0.25) is 0 Å². The molecule has 1 aliphatic carbocycles. The zero-order chi connectivity index (χ0) is 7.72. The second-order valence-corrected chi connectivity index (χ2v) is 3.56. The topological polar surface area (TPSA) is 40.5 Å². The quantitative estimate of drug-likeness (QED) is 0.614. The van der Waals surface area contributed by atoms with Gasteiger partial charge < -0.3 is 10.2 Å². The van der Waals surface area contributed by atoms with E-state index >= 15 is 0 Å². The van der Waals surface area contributed by atoms with Crippen LogP contribution in [0.5, 0.6) is 0 Å². The van der Waals surface area contributed by atoms with Gasteiger partial charge in [0.15, 0.2) is 0 Å². The van der Waals surface area contributed by atoms with E-state index in [1.165, 1.54) is 0 Å². The van der Waals surface area contributed by atoms with Gasteiger partial charge in [-0.1, -0.05) is 13.8 Å². The Balaban J connectivity index is 2.30. The molecule has 10 heavy (non-hydrogen) atoms. The molecule has 1 saturated carbocycles. The van der Waals surface area contributed by atoms with Gasteiger partial charge in [0.25, 0.3) is 0 Å². The minimum absolute atomic E-state index is 0.176. The summed E-state index contributed by atoms with van der Waals surface area (Å²) in [5.74, 6) is 0.563. The van der Waals surface area contributed by atoms with E-state index in [-0.39, 0.29) is 5.92 Å². The summed E-state index contributed by atoms with van der Waals surface area (Å²) in [6.45, 7) is 3.85. The van der Waals surface area contributed by atoms with Crippen molar-refractivity contribution in [3.8, 4) is 0 Å². The Kier molecular flexibility index (Phi) is 2.32. The van der Waals surface area contributed by atoms with Gasteiger partial charge in [0.1, 0.15) is 0 Å². The molecule has 0 radical (unpaired) electrons. The summed E-state index contributed by atoms with van der Waals surface area (Å²) in [5, 5.41) is 18.7. The molecule has 1 fully saturated rings. The summed E-state index contributed by atoms with van der Waals surface area (Å²) >= 11 is 0. The van der Waals surface area contributed by atoms with Crippen LogP contribution in [0, 0.1) is 11.8 Å². The Morgan fingerprint density at radius 1 is 1.20 bits per heavy atom. The fraction of sp³-hybridized carbons (Fsp3) is 1.00. The molecule has 2 atom stereocenters. The highest BCUT2D eigenvalue weighted by Gasteiger charge is 2.35. The average molecular weight is 144 g/mol. The predicted octanol–water partition coefficient (Wildman–Crippen LogP) is 0.774.